The lowest BCUT2D eigenvalue weighted by molar-refractivity contribution is -0.576. The number of fused-ring (bicyclic) bond motifs is 1. The molecule has 1 heterocycles. The lowest BCUT2D eigenvalue weighted by Gasteiger charge is -2.06. The number of nitrogens with two attached hydrogens (primary N) is 3. The molecule has 0 unspecified atom stereocenters. The zero-order chi connectivity index (χ0) is 10.3. The Morgan fingerprint density at radius 1 is 1.07 bits per heavy atom. The molecular weight excluding hydrogens is 180 g/mol. The molecule has 5 heteroatoms. The summed E-state index contributed by atoms with van der Waals surface area (Å²) in [5, 5.41) is 12.0. The molecule has 0 radical (unpaired) electrons. The molecule has 0 saturated heterocycles. The first-order valence-corrected chi connectivity index (χ1v) is 4.06. The molecule has 0 atom stereocenters. The molecule has 72 valence electrons. The van der Waals surface area contributed by atoms with Gasteiger partial charge in [-0.05, 0) is 12.1 Å². The van der Waals surface area contributed by atoms with Crippen LogP contribution in [0.25, 0.3) is 10.9 Å². The highest BCUT2D eigenvalue weighted by Gasteiger charge is 2.11. The molecule has 1 aromatic heterocycles. The maximum atomic E-state index is 11.4. The highest BCUT2D eigenvalue weighted by Crippen LogP contribution is 2.25. The van der Waals surface area contributed by atoms with E-state index in [9.17, 15) is 5.21 Å². The number of rotatable bonds is 0. The first kappa shape index (κ1) is 8.43. The smallest absolute Gasteiger partial charge is 0.249 e. The fourth-order valence-corrected chi connectivity index (χ4v) is 1.46. The fourth-order valence-electron chi connectivity index (χ4n) is 1.46. The van der Waals surface area contributed by atoms with Crippen molar-refractivity contribution in [2.75, 3.05) is 17.2 Å². The van der Waals surface area contributed by atoms with Crippen LogP contribution in [0.2, 0.25) is 0 Å². The van der Waals surface area contributed by atoms with Gasteiger partial charge >= 0.3 is 0 Å². The van der Waals surface area contributed by atoms with E-state index < -0.39 is 0 Å². The van der Waals surface area contributed by atoms with Crippen molar-refractivity contribution < 1.29 is 4.73 Å². The van der Waals surface area contributed by atoms with Crippen LogP contribution in [0.4, 0.5) is 17.1 Å². The molecule has 5 nitrogen and oxygen atoms in total. The van der Waals surface area contributed by atoms with Crippen LogP contribution in [-0.2, 0) is 0 Å². The van der Waals surface area contributed by atoms with Gasteiger partial charge < -0.3 is 22.4 Å². The average molecular weight is 190 g/mol. The van der Waals surface area contributed by atoms with Gasteiger partial charge in [0.15, 0.2) is 6.20 Å². The fraction of sp³-hybridized carbons (Fsp3) is 0. The topological polar surface area (TPSA) is 105 Å². The summed E-state index contributed by atoms with van der Waals surface area (Å²) < 4.78 is 0.681. The Bertz CT molecular complexity index is 510. The zero-order valence-electron chi connectivity index (χ0n) is 7.40. The Morgan fingerprint density at radius 3 is 2.50 bits per heavy atom. The summed E-state index contributed by atoms with van der Waals surface area (Å²) >= 11 is 0. The van der Waals surface area contributed by atoms with E-state index in [4.69, 9.17) is 17.2 Å². The third-order valence-electron chi connectivity index (χ3n) is 2.08. The van der Waals surface area contributed by atoms with Crippen molar-refractivity contribution in [1.29, 1.82) is 0 Å². The standard InChI is InChI=1S/C9H10N4O/c10-5-3-6-7(11)1-2-13(14)9(6)8(12)4-5/h1-4H,10-12H2. The van der Waals surface area contributed by atoms with Crippen molar-refractivity contribution in [3.05, 3.63) is 29.6 Å². The summed E-state index contributed by atoms with van der Waals surface area (Å²) in [4.78, 5) is 0. The second-order valence-electron chi connectivity index (χ2n) is 3.10. The number of aromatic nitrogens is 1. The molecule has 0 bridgehead atoms. The summed E-state index contributed by atoms with van der Waals surface area (Å²) in [5.41, 5.74) is 18.6. The van der Waals surface area contributed by atoms with E-state index in [0.29, 0.717) is 32.7 Å². The largest absolute Gasteiger partial charge is 0.618 e. The van der Waals surface area contributed by atoms with Crippen LogP contribution in [-0.4, -0.2) is 0 Å². The van der Waals surface area contributed by atoms with Gasteiger partial charge in [-0.3, -0.25) is 0 Å². The van der Waals surface area contributed by atoms with Crippen LogP contribution >= 0.6 is 0 Å². The van der Waals surface area contributed by atoms with Crippen LogP contribution < -0.4 is 21.9 Å². The SMILES string of the molecule is Nc1cc(N)c2c(c1)c(N)cc[n+]2[O-]. The molecule has 0 amide bonds. The van der Waals surface area contributed by atoms with Gasteiger partial charge in [-0.25, -0.2) is 0 Å². The average Bonchev–Trinajstić information content (AvgIpc) is 2.10. The van der Waals surface area contributed by atoms with Gasteiger partial charge in [0.05, 0.1) is 11.1 Å². The van der Waals surface area contributed by atoms with E-state index in [1.807, 2.05) is 0 Å². The highest BCUT2D eigenvalue weighted by molar-refractivity contribution is 5.97. The molecule has 0 aliphatic heterocycles. The second kappa shape index (κ2) is 2.66. The number of hydrogen-bond donors (Lipinski definition) is 3. The lowest BCUT2D eigenvalue weighted by Crippen LogP contribution is -2.27. The Hall–Kier alpha value is -2.17. The van der Waals surface area contributed by atoms with Gasteiger partial charge in [-0.2, -0.15) is 4.73 Å². The molecule has 1 aromatic carbocycles. The lowest BCUT2D eigenvalue weighted by atomic mass is 10.1. The van der Waals surface area contributed by atoms with E-state index in [0.717, 1.165) is 0 Å². The Morgan fingerprint density at radius 2 is 1.79 bits per heavy atom. The van der Waals surface area contributed by atoms with E-state index in [2.05, 4.69) is 0 Å². The summed E-state index contributed by atoms with van der Waals surface area (Å²) in [5.74, 6) is 0. The van der Waals surface area contributed by atoms with Crippen molar-refractivity contribution in [2.24, 2.45) is 0 Å². The van der Waals surface area contributed by atoms with Crippen molar-refractivity contribution in [3.8, 4) is 0 Å². The van der Waals surface area contributed by atoms with Crippen molar-refractivity contribution >= 4 is 28.0 Å². The maximum absolute atomic E-state index is 11.4. The summed E-state index contributed by atoms with van der Waals surface area (Å²) in [6, 6.07) is 4.69. The number of hydrogen-bond acceptors (Lipinski definition) is 4. The Labute approximate surface area is 80.3 Å². The Balaban J connectivity index is 3.00. The van der Waals surface area contributed by atoms with E-state index in [-0.39, 0.29) is 0 Å². The summed E-state index contributed by atoms with van der Waals surface area (Å²) in [6.45, 7) is 0. The maximum Gasteiger partial charge on any atom is 0.249 e. The first-order chi connectivity index (χ1) is 6.59. The molecule has 2 aromatic rings. The molecule has 2 rings (SSSR count). The van der Waals surface area contributed by atoms with Gasteiger partial charge in [-0.15, -0.1) is 0 Å². The predicted molar refractivity (Wildman–Crippen MR) is 56.1 cm³/mol. The highest BCUT2D eigenvalue weighted by atomic mass is 16.5. The molecule has 0 aliphatic rings. The van der Waals surface area contributed by atoms with Crippen LogP contribution in [0.3, 0.4) is 0 Å². The minimum Gasteiger partial charge on any atom is -0.618 e. The van der Waals surface area contributed by atoms with Crippen molar-refractivity contribution in [2.45, 2.75) is 0 Å². The number of nitrogen functional groups attached to an aromatic ring is 3. The normalized spacial score (nSPS) is 10.6. The number of nitrogens with zero attached hydrogens (tertiary/aromatic N) is 1. The minimum atomic E-state index is 0.335. The first-order valence-electron chi connectivity index (χ1n) is 4.06. The van der Waals surface area contributed by atoms with Gasteiger partial charge in [-0.1, -0.05) is 0 Å². The molecular formula is C9H10N4O. The zero-order valence-corrected chi connectivity index (χ0v) is 7.40. The van der Waals surface area contributed by atoms with Gasteiger partial charge in [0.2, 0.25) is 5.52 Å². The van der Waals surface area contributed by atoms with Gasteiger partial charge in [0, 0.05) is 11.8 Å². The Kier molecular flexibility index (Phi) is 1.60. The van der Waals surface area contributed by atoms with E-state index in [1.165, 1.54) is 18.3 Å². The summed E-state index contributed by atoms with van der Waals surface area (Å²) in [6.07, 6.45) is 1.32. The van der Waals surface area contributed by atoms with E-state index in [1.54, 1.807) is 6.07 Å². The summed E-state index contributed by atoms with van der Waals surface area (Å²) in [7, 11) is 0. The van der Waals surface area contributed by atoms with Crippen LogP contribution in [0.15, 0.2) is 24.4 Å². The monoisotopic (exact) mass is 190 g/mol. The molecule has 6 N–H and O–H groups in total. The van der Waals surface area contributed by atoms with Crippen LogP contribution in [0.1, 0.15) is 0 Å². The van der Waals surface area contributed by atoms with Crippen LogP contribution in [0.5, 0.6) is 0 Å². The molecule has 0 aliphatic carbocycles. The quantitative estimate of drug-likeness (QED) is 0.314. The number of anilines is 3. The van der Waals surface area contributed by atoms with E-state index >= 15 is 0 Å². The van der Waals surface area contributed by atoms with Crippen molar-refractivity contribution in [1.82, 2.24) is 0 Å². The van der Waals surface area contributed by atoms with Crippen molar-refractivity contribution in [3.63, 3.8) is 0 Å². The number of benzene rings is 1. The molecule has 14 heavy (non-hydrogen) atoms. The van der Waals surface area contributed by atoms with Gasteiger partial charge in [0.1, 0.15) is 5.69 Å². The third kappa shape index (κ3) is 1.06. The third-order valence-corrected chi connectivity index (χ3v) is 2.08. The molecule has 0 fully saturated rings. The predicted octanol–water partition coefficient (Wildman–Crippen LogP) is 0.220. The molecule has 0 spiro atoms. The van der Waals surface area contributed by atoms with Gasteiger partial charge in [0.25, 0.3) is 0 Å². The minimum absolute atomic E-state index is 0.335. The molecule has 0 saturated carbocycles. The van der Waals surface area contributed by atoms with Crippen LogP contribution in [0, 0.1) is 5.21 Å². The number of pyridine rings is 1. The second-order valence-corrected chi connectivity index (χ2v) is 3.10.